The van der Waals surface area contributed by atoms with Crippen molar-refractivity contribution in [2.24, 2.45) is 5.73 Å². The smallest absolute Gasteiger partial charge is 0.146 e. The van der Waals surface area contributed by atoms with E-state index in [0.717, 1.165) is 11.1 Å². The molecule has 4 heteroatoms. The van der Waals surface area contributed by atoms with Gasteiger partial charge in [0.25, 0.3) is 0 Å². The first-order valence-corrected chi connectivity index (χ1v) is 6.72. The summed E-state index contributed by atoms with van der Waals surface area (Å²) < 4.78 is 5.75. The molecule has 0 bridgehead atoms. The Labute approximate surface area is 123 Å². The molecule has 2 aromatic carbocycles. The van der Waals surface area contributed by atoms with Gasteiger partial charge < -0.3 is 10.5 Å². The highest BCUT2D eigenvalue weighted by Gasteiger charge is 2.09. The number of nitrogens with two attached hydrogens (primary N) is 1. The zero-order chi connectivity index (χ0) is 14.0. The summed E-state index contributed by atoms with van der Waals surface area (Å²) in [5, 5.41) is 1.07. The summed E-state index contributed by atoms with van der Waals surface area (Å²) in [6.45, 7) is 3.88. The van der Waals surface area contributed by atoms with Gasteiger partial charge in [-0.15, -0.1) is 0 Å². The number of ether oxygens (including phenoxy) is 1. The quantitative estimate of drug-likeness (QED) is 0.853. The first kappa shape index (κ1) is 14.2. The van der Waals surface area contributed by atoms with Crippen LogP contribution in [-0.4, -0.2) is 0 Å². The van der Waals surface area contributed by atoms with Crippen molar-refractivity contribution in [1.82, 2.24) is 0 Å². The third kappa shape index (κ3) is 3.41. The Balaban J connectivity index is 2.31. The van der Waals surface area contributed by atoms with Gasteiger partial charge in [0, 0.05) is 6.04 Å². The minimum Gasteiger partial charge on any atom is -0.454 e. The molecule has 0 heterocycles. The van der Waals surface area contributed by atoms with Crippen LogP contribution < -0.4 is 10.5 Å². The predicted octanol–water partition coefficient (Wildman–Crippen LogP) is 5.11. The summed E-state index contributed by atoms with van der Waals surface area (Å²) in [6, 6.07) is 11.1. The molecule has 0 aliphatic heterocycles. The van der Waals surface area contributed by atoms with Crippen molar-refractivity contribution >= 4 is 23.2 Å². The summed E-state index contributed by atoms with van der Waals surface area (Å²) in [7, 11) is 0. The lowest BCUT2D eigenvalue weighted by Gasteiger charge is -2.12. The van der Waals surface area contributed by atoms with Crippen LogP contribution in [0, 0.1) is 6.92 Å². The topological polar surface area (TPSA) is 35.2 Å². The second kappa shape index (κ2) is 5.83. The molecule has 0 aliphatic rings. The van der Waals surface area contributed by atoms with Crippen molar-refractivity contribution in [3.8, 4) is 11.5 Å². The average Bonchev–Trinajstić information content (AvgIpc) is 2.36. The van der Waals surface area contributed by atoms with Crippen molar-refractivity contribution in [1.29, 1.82) is 0 Å². The van der Waals surface area contributed by atoms with Gasteiger partial charge in [0.1, 0.15) is 11.5 Å². The highest BCUT2D eigenvalue weighted by Crippen LogP contribution is 2.35. The van der Waals surface area contributed by atoms with E-state index in [-0.39, 0.29) is 6.04 Å². The van der Waals surface area contributed by atoms with E-state index in [9.17, 15) is 0 Å². The molecule has 0 radical (unpaired) electrons. The highest BCUT2D eigenvalue weighted by atomic mass is 35.5. The van der Waals surface area contributed by atoms with Crippen LogP contribution in [0.5, 0.6) is 11.5 Å². The maximum absolute atomic E-state index is 6.19. The molecule has 0 unspecified atom stereocenters. The molecule has 19 heavy (non-hydrogen) atoms. The summed E-state index contributed by atoms with van der Waals surface area (Å²) in [6.07, 6.45) is 0. The second-order valence-corrected chi connectivity index (χ2v) is 5.33. The Kier molecular flexibility index (Phi) is 4.35. The molecule has 0 spiro atoms. The van der Waals surface area contributed by atoms with Crippen LogP contribution in [0.15, 0.2) is 36.4 Å². The maximum atomic E-state index is 6.19. The third-order valence-corrected chi connectivity index (χ3v) is 3.40. The van der Waals surface area contributed by atoms with Crippen molar-refractivity contribution in [3.63, 3.8) is 0 Å². The van der Waals surface area contributed by atoms with Crippen molar-refractivity contribution in [2.75, 3.05) is 0 Å². The minimum atomic E-state index is -0.0610. The van der Waals surface area contributed by atoms with Gasteiger partial charge >= 0.3 is 0 Å². The van der Waals surface area contributed by atoms with Gasteiger partial charge in [0.2, 0.25) is 0 Å². The van der Waals surface area contributed by atoms with Crippen LogP contribution in [0.4, 0.5) is 0 Å². The molecule has 2 rings (SSSR count). The molecule has 0 aromatic heterocycles. The molecule has 0 saturated carbocycles. The Bertz CT molecular complexity index is 597. The number of aryl methyl sites for hydroxylation is 1. The molecule has 2 N–H and O–H groups in total. The maximum Gasteiger partial charge on any atom is 0.146 e. The lowest BCUT2D eigenvalue weighted by molar-refractivity contribution is 0.482. The minimum absolute atomic E-state index is 0.0610. The van der Waals surface area contributed by atoms with Gasteiger partial charge in [-0.1, -0.05) is 35.3 Å². The normalized spacial score (nSPS) is 12.3. The molecule has 1 atom stereocenters. The fourth-order valence-electron chi connectivity index (χ4n) is 1.69. The van der Waals surface area contributed by atoms with Gasteiger partial charge in [-0.25, -0.2) is 0 Å². The molecule has 0 saturated heterocycles. The van der Waals surface area contributed by atoms with E-state index in [0.29, 0.717) is 21.5 Å². The molecule has 0 amide bonds. The van der Waals surface area contributed by atoms with Crippen LogP contribution in [0.1, 0.15) is 24.1 Å². The van der Waals surface area contributed by atoms with E-state index in [1.165, 1.54) is 0 Å². The van der Waals surface area contributed by atoms with Crippen molar-refractivity contribution in [3.05, 3.63) is 57.6 Å². The third-order valence-electron chi connectivity index (χ3n) is 2.79. The Hall–Kier alpha value is -1.22. The lowest BCUT2D eigenvalue weighted by Crippen LogP contribution is -2.04. The Morgan fingerprint density at radius 1 is 1.00 bits per heavy atom. The fourth-order valence-corrected chi connectivity index (χ4v) is 2.07. The molecule has 100 valence electrons. The van der Waals surface area contributed by atoms with Gasteiger partial charge in [-0.2, -0.15) is 0 Å². The summed E-state index contributed by atoms with van der Waals surface area (Å²) in [5.74, 6) is 1.16. The zero-order valence-electron chi connectivity index (χ0n) is 10.8. The van der Waals surface area contributed by atoms with Crippen molar-refractivity contribution < 1.29 is 4.74 Å². The molecule has 0 aliphatic carbocycles. The fraction of sp³-hybridized carbons (Fsp3) is 0.200. The predicted molar refractivity (Wildman–Crippen MR) is 80.3 cm³/mol. The van der Waals surface area contributed by atoms with E-state index in [1.807, 2.05) is 38.1 Å². The SMILES string of the molecule is Cc1ccc(Cl)c(Oc2ccc([C@@H](C)N)cc2Cl)c1. The van der Waals surface area contributed by atoms with Gasteiger partial charge in [0.15, 0.2) is 0 Å². The molecule has 2 aromatic rings. The number of halogens is 2. The molecular formula is C15H15Cl2NO. The molecule has 0 fully saturated rings. The monoisotopic (exact) mass is 295 g/mol. The van der Waals surface area contributed by atoms with Crippen LogP contribution >= 0.6 is 23.2 Å². The van der Waals surface area contributed by atoms with Gasteiger partial charge in [0.05, 0.1) is 10.0 Å². The van der Waals surface area contributed by atoms with E-state index in [4.69, 9.17) is 33.7 Å². The standard InChI is InChI=1S/C15H15Cl2NO/c1-9-3-5-12(16)15(7-9)19-14-6-4-11(10(2)18)8-13(14)17/h3-8,10H,18H2,1-2H3/t10-/m1/s1. The second-order valence-electron chi connectivity index (χ2n) is 4.51. The first-order chi connectivity index (χ1) is 8.97. The summed E-state index contributed by atoms with van der Waals surface area (Å²) >= 11 is 12.3. The average molecular weight is 296 g/mol. The number of hydrogen-bond donors (Lipinski definition) is 1. The zero-order valence-corrected chi connectivity index (χ0v) is 12.3. The van der Waals surface area contributed by atoms with E-state index in [1.54, 1.807) is 12.1 Å². The first-order valence-electron chi connectivity index (χ1n) is 5.96. The number of hydrogen-bond acceptors (Lipinski definition) is 2. The molecular weight excluding hydrogens is 281 g/mol. The number of rotatable bonds is 3. The Morgan fingerprint density at radius 2 is 1.74 bits per heavy atom. The van der Waals surface area contributed by atoms with Crippen LogP contribution in [-0.2, 0) is 0 Å². The van der Waals surface area contributed by atoms with Gasteiger partial charge in [-0.3, -0.25) is 0 Å². The van der Waals surface area contributed by atoms with E-state index >= 15 is 0 Å². The summed E-state index contributed by atoms with van der Waals surface area (Å²) in [4.78, 5) is 0. The van der Waals surface area contributed by atoms with Crippen LogP contribution in [0.3, 0.4) is 0 Å². The van der Waals surface area contributed by atoms with E-state index < -0.39 is 0 Å². The largest absolute Gasteiger partial charge is 0.454 e. The van der Waals surface area contributed by atoms with E-state index in [2.05, 4.69) is 0 Å². The molecule has 2 nitrogen and oxygen atoms in total. The Morgan fingerprint density at radius 3 is 2.37 bits per heavy atom. The van der Waals surface area contributed by atoms with Crippen LogP contribution in [0.2, 0.25) is 10.0 Å². The highest BCUT2D eigenvalue weighted by molar-refractivity contribution is 6.32. The lowest BCUT2D eigenvalue weighted by atomic mass is 10.1. The van der Waals surface area contributed by atoms with Crippen LogP contribution in [0.25, 0.3) is 0 Å². The number of benzene rings is 2. The van der Waals surface area contributed by atoms with Crippen molar-refractivity contribution in [2.45, 2.75) is 19.9 Å². The summed E-state index contributed by atoms with van der Waals surface area (Å²) in [5.41, 5.74) is 7.85. The van der Waals surface area contributed by atoms with Gasteiger partial charge in [-0.05, 0) is 49.2 Å².